The van der Waals surface area contributed by atoms with Gasteiger partial charge in [-0.15, -0.1) is 11.3 Å². The molecule has 3 aromatic heterocycles. The molecule has 0 spiro atoms. The average Bonchev–Trinajstić information content (AvgIpc) is 3.27. The standard InChI is InChI=1S/C20H18F2N4O3S/c1-23-15-12-8-30-19-14(20(28)29)18(27)10-5-11(22)17(13(15)16(10)26(12)19)25-4-3-24(2)9(6-21)7-25/h5,8-9H,3-4,6-7H2,1-2H3,(H,28,29). The SMILES string of the molecule is CN=c1c2c(N3CCN(C)C(CF)C3)c(F)cc3c(=O)c(C(=O)O)c4scc1n4c32. The van der Waals surface area contributed by atoms with E-state index in [-0.39, 0.29) is 22.7 Å². The summed E-state index contributed by atoms with van der Waals surface area (Å²) < 4.78 is 30.6. The monoisotopic (exact) mass is 432 g/mol. The Hall–Kier alpha value is -2.85. The number of alkyl halides is 1. The molecule has 5 rings (SSSR count). The van der Waals surface area contributed by atoms with Gasteiger partial charge in [-0.05, 0) is 13.1 Å². The van der Waals surface area contributed by atoms with Gasteiger partial charge in [0.05, 0.1) is 38.9 Å². The number of benzene rings is 1. The van der Waals surface area contributed by atoms with E-state index < -0.39 is 23.9 Å². The molecule has 156 valence electrons. The molecule has 1 N–H and O–H groups in total. The number of thiazole rings is 1. The van der Waals surface area contributed by atoms with Gasteiger partial charge in [0.15, 0.2) is 0 Å². The number of rotatable bonds is 3. The van der Waals surface area contributed by atoms with Crippen molar-refractivity contribution in [1.82, 2.24) is 9.30 Å². The Bertz CT molecular complexity index is 1430. The van der Waals surface area contributed by atoms with E-state index in [0.717, 1.165) is 17.4 Å². The lowest BCUT2D eigenvalue weighted by atomic mass is 10.0. The van der Waals surface area contributed by atoms with Crippen molar-refractivity contribution in [3.63, 3.8) is 0 Å². The summed E-state index contributed by atoms with van der Waals surface area (Å²) in [4.78, 5) is 33.1. The van der Waals surface area contributed by atoms with E-state index in [1.165, 1.54) is 0 Å². The van der Waals surface area contributed by atoms with Crippen LogP contribution in [0.3, 0.4) is 0 Å². The van der Waals surface area contributed by atoms with E-state index in [2.05, 4.69) is 4.99 Å². The van der Waals surface area contributed by atoms with E-state index >= 15 is 4.39 Å². The van der Waals surface area contributed by atoms with Crippen molar-refractivity contribution >= 4 is 49.6 Å². The van der Waals surface area contributed by atoms with Crippen LogP contribution in [0.2, 0.25) is 0 Å². The number of aromatic nitrogens is 1. The van der Waals surface area contributed by atoms with Gasteiger partial charge in [-0.2, -0.15) is 0 Å². The Morgan fingerprint density at radius 2 is 2.17 bits per heavy atom. The Kier molecular flexibility index (Phi) is 4.19. The fourth-order valence-corrected chi connectivity index (χ4v) is 5.57. The zero-order valence-electron chi connectivity index (χ0n) is 16.3. The molecule has 1 aromatic carbocycles. The second-order valence-corrected chi connectivity index (χ2v) is 8.41. The summed E-state index contributed by atoms with van der Waals surface area (Å²) in [5.74, 6) is -1.98. The van der Waals surface area contributed by atoms with E-state index in [0.29, 0.717) is 46.2 Å². The topological polar surface area (TPSA) is 77.6 Å². The number of carboxylic acid groups (broad SMARTS) is 1. The molecule has 4 heterocycles. The van der Waals surface area contributed by atoms with Gasteiger partial charge < -0.3 is 10.0 Å². The molecule has 1 unspecified atom stereocenters. The molecular weight excluding hydrogens is 414 g/mol. The summed E-state index contributed by atoms with van der Waals surface area (Å²) in [6.07, 6.45) is 0. The van der Waals surface area contributed by atoms with E-state index in [9.17, 15) is 19.1 Å². The van der Waals surface area contributed by atoms with Crippen molar-refractivity contribution in [2.24, 2.45) is 4.99 Å². The highest BCUT2D eigenvalue weighted by Crippen LogP contribution is 2.37. The molecule has 4 aromatic rings. The number of piperazine rings is 1. The predicted molar refractivity (Wildman–Crippen MR) is 112 cm³/mol. The first-order valence-corrected chi connectivity index (χ1v) is 10.3. The lowest BCUT2D eigenvalue weighted by molar-refractivity contribution is 0.0697. The van der Waals surface area contributed by atoms with Gasteiger partial charge >= 0.3 is 5.97 Å². The quantitative estimate of drug-likeness (QED) is 0.536. The first kappa shape index (κ1) is 19.1. The molecule has 10 heteroatoms. The lowest BCUT2D eigenvalue weighted by Crippen LogP contribution is -2.52. The highest BCUT2D eigenvalue weighted by Gasteiger charge is 2.32. The van der Waals surface area contributed by atoms with Crippen LogP contribution in [0.25, 0.3) is 26.6 Å². The van der Waals surface area contributed by atoms with Crippen molar-refractivity contribution in [2.45, 2.75) is 6.04 Å². The number of aromatic carboxylic acids is 1. The molecule has 1 fully saturated rings. The number of anilines is 1. The van der Waals surface area contributed by atoms with E-state index in [1.807, 2.05) is 11.9 Å². The molecule has 1 aliphatic heterocycles. The van der Waals surface area contributed by atoms with Crippen LogP contribution in [0, 0.1) is 5.82 Å². The number of pyridine rings is 1. The largest absolute Gasteiger partial charge is 0.477 e. The van der Waals surface area contributed by atoms with Crippen molar-refractivity contribution in [2.75, 3.05) is 45.3 Å². The molecule has 0 saturated carbocycles. The minimum Gasteiger partial charge on any atom is -0.477 e. The Labute approximate surface area is 172 Å². The Morgan fingerprint density at radius 1 is 1.40 bits per heavy atom. The van der Waals surface area contributed by atoms with Crippen LogP contribution in [0.1, 0.15) is 10.4 Å². The van der Waals surface area contributed by atoms with Crippen molar-refractivity contribution in [1.29, 1.82) is 0 Å². The van der Waals surface area contributed by atoms with Crippen molar-refractivity contribution in [3.8, 4) is 0 Å². The summed E-state index contributed by atoms with van der Waals surface area (Å²) in [6.45, 7) is 0.818. The zero-order chi connectivity index (χ0) is 21.3. The molecule has 1 saturated heterocycles. The Morgan fingerprint density at radius 3 is 2.83 bits per heavy atom. The maximum Gasteiger partial charge on any atom is 0.342 e. The van der Waals surface area contributed by atoms with Gasteiger partial charge in [-0.25, -0.2) is 13.6 Å². The highest BCUT2D eigenvalue weighted by atomic mass is 32.1. The number of nitrogens with zero attached hydrogens (tertiary/aromatic N) is 4. The molecule has 1 atom stereocenters. The molecule has 0 bridgehead atoms. The van der Waals surface area contributed by atoms with Crippen molar-refractivity contribution < 1.29 is 18.7 Å². The molecule has 0 amide bonds. The fraction of sp³-hybridized carbons (Fsp3) is 0.350. The van der Waals surface area contributed by atoms with Crippen molar-refractivity contribution in [3.05, 3.63) is 38.4 Å². The molecule has 0 radical (unpaired) electrons. The smallest absolute Gasteiger partial charge is 0.342 e. The minimum absolute atomic E-state index is 0.00983. The van der Waals surface area contributed by atoms with Gasteiger partial charge in [0, 0.05) is 32.1 Å². The summed E-state index contributed by atoms with van der Waals surface area (Å²) in [5, 5.41) is 12.3. The summed E-state index contributed by atoms with van der Waals surface area (Å²) in [5.41, 5.74) is 0.292. The van der Waals surface area contributed by atoms with Gasteiger partial charge in [-0.3, -0.25) is 19.1 Å². The predicted octanol–water partition coefficient (Wildman–Crippen LogP) is 2.00. The first-order chi connectivity index (χ1) is 14.4. The van der Waals surface area contributed by atoms with Gasteiger partial charge in [0.25, 0.3) is 0 Å². The fourth-order valence-electron chi connectivity index (χ4n) is 4.54. The second-order valence-electron chi connectivity index (χ2n) is 7.56. The van der Waals surface area contributed by atoms with Crippen LogP contribution < -0.4 is 15.7 Å². The van der Waals surface area contributed by atoms with Crippen LogP contribution in [0.5, 0.6) is 0 Å². The molecule has 7 nitrogen and oxygen atoms in total. The lowest BCUT2D eigenvalue weighted by Gasteiger charge is -2.39. The van der Waals surface area contributed by atoms with E-state index in [4.69, 9.17) is 0 Å². The average molecular weight is 432 g/mol. The molecule has 30 heavy (non-hydrogen) atoms. The van der Waals surface area contributed by atoms with Crippen LogP contribution in [0.4, 0.5) is 14.5 Å². The number of hydrogen-bond acceptors (Lipinski definition) is 6. The third-order valence-corrected chi connectivity index (χ3v) is 7.00. The third-order valence-electron chi connectivity index (χ3n) is 6.05. The number of carbonyl (C=O) groups is 1. The maximum absolute atomic E-state index is 15.4. The van der Waals surface area contributed by atoms with E-state index in [1.54, 1.807) is 21.7 Å². The zero-order valence-corrected chi connectivity index (χ0v) is 17.1. The first-order valence-electron chi connectivity index (χ1n) is 9.43. The van der Waals surface area contributed by atoms with Crippen LogP contribution in [0.15, 0.2) is 21.2 Å². The normalized spacial score (nSPS) is 19.1. The van der Waals surface area contributed by atoms with Gasteiger partial charge in [-0.1, -0.05) is 0 Å². The summed E-state index contributed by atoms with van der Waals surface area (Å²) in [7, 11) is 3.42. The van der Waals surface area contributed by atoms with Crippen LogP contribution >= 0.6 is 11.3 Å². The molecular formula is C20H18F2N4O3S. The van der Waals surface area contributed by atoms with Crippen LogP contribution in [-0.4, -0.2) is 66.8 Å². The number of likely N-dealkylation sites (N-methyl/N-ethyl adjacent to an activating group) is 1. The van der Waals surface area contributed by atoms with Gasteiger partial charge in [0.1, 0.15) is 22.9 Å². The minimum atomic E-state index is -1.35. The van der Waals surface area contributed by atoms with Gasteiger partial charge in [0.2, 0.25) is 5.43 Å². The van der Waals surface area contributed by atoms with Crippen LogP contribution in [-0.2, 0) is 0 Å². The summed E-state index contributed by atoms with van der Waals surface area (Å²) >= 11 is 1.15. The number of halogens is 2. The third kappa shape index (κ3) is 2.34. The maximum atomic E-state index is 15.4. The second kappa shape index (κ2) is 6.58. The number of carboxylic acids is 1. The molecule has 1 aliphatic rings. The highest BCUT2D eigenvalue weighted by molar-refractivity contribution is 7.16. The Balaban J connectivity index is 1.93. The number of hydrogen-bond donors (Lipinski definition) is 1. The molecule has 0 aliphatic carbocycles. The summed E-state index contributed by atoms with van der Waals surface area (Å²) in [6, 6.07) is 0.744.